The standard InChI is InChI=1S/C14H24N2O3S/c1-10(2)13-16(11(9-20-13)14(18)19)12(17)5-8-15-6-3-4-7-15/h10-11,13H,3-9H2,1-2H3,(H,18,19). The van der Waals surface area contributed by atoms with E-state index in [-0.39, 0.29) is 17.2 Å². The average molecular weight is 300 g/mol. The lowest BCUT2D eigenvalue weighted by molar-refractivity contribution is -0.149. The van der Waals surface area contributed by atoms with Crippen molar-refractivity contribution in [2.45, 2.75) is 44.5 Å². The molecule has 20 heavy (non-hydrogen) atoms. The van der Waals surface area contributed by atoms with Gasteiger partial charge in [0.05, 0.1) is 5.37 Å². The fourth-order valence-electron chi connectivity index (χ4n) is 2.94. The van der Waals surface area contributed by atoms with Gasteiger partial charge in [-0.15, -0.1) is 11.8 Å². The zero-order valence-corrected chi connectivity index (χ0v) is 13.1. The summed E-state index contributed by atoms with van der Waals surface area (Å²) in [4.78, 5) is 27.7. The first-order valence-electron chi connectivity index (χ1n) is 7.38. The number of hydrogen-bond acceptors (Lipinski definition) is 4. The minimum atomic E-state index is -0.879. The van der Waals surface area contributed by atoms with Crippen molar-refractivity contribution < 1.29 is 14.7 Å². The number of nitrogens with zero attached hydrogens (tertiary/aromatic N) is 2. The molecule has 0 aromatic heterocycles. The number of hydrogen-bond donors (Lipinski definition) is 1. The molecule has 2 aliphatic heterocycles. The third-order valence-electron chi connectivity index (χ3n) is 4.02. The van der Waals surface area contributed by atoms with E-state index < -0.39 is 12.0 Å². The van der Waals surface area contributed by atoms with Gasteiger partial charge in [-0.25, -0.2) is 4.79 Å². The van der Waals surface area contributed by atoms with Crippen molar-refractivity contribution in [1.82, 2.24) is 9.80 Å². The van der Waals surface area contributed by atoms with Crippen molar-refractivity contribution in [2.75, 3.05) is 25.4 Å². The predicted molar refractivity (Wildman–Crippen MR) is 79.6 cm³/mol. The van der Waals surface area contributed by atoms with Crippen LogP contribution in [0.15, 0.2) is 0 Å². The van der Waals surface area contributed by atoms with Gasteiger partial charge in [-0.3, -0.25) is 4.79 Å². The fourth-order valence-corrected chi connectivity index (χ4v) is 4.43. The van der Waals surface area contributed by atoms with E-state index >= 15 is 0 Å². The van der Waals surface area contributed by atoms with Crippen molar-refractivity contribution in [3.63, 3.8) is 0 Å². The van der Waals surface area contributed by atoms with Crippen molar-refractivity contribution in [3.05, 3.63) is 0 Å². The lowest BCUT2D eigenvalue weighted by atomic mass is 10.1. The Kier molecular flexibility index (Phi) is 5.32. The molecule has 5 nitrogen and oxygen atoms in total. The number of carbonyl (C=O) groups is 2. The van der Waals surface area contributed by atoms with E-state index in [1.54, 1.807) is 16.7 Å². The Balaban J connectivity index is 1.96. The van der Waals surface area contributed by atoms with Crippen molar-refractivity contribution >= 4 is 23.6 Å². The van der Waals surface area contributed by atoms with E-state index in [1.165, 1.54) is 12.8 Å². The largest absolute Gasteiger partial charge is 0.480 e. The Morgan fingerprint density at radius 1 is 1.30 bits per heavy atom. The quantitative estimate of drug-likeness (QED) is 0.833. The number of carboxylic acid groups (broad SMARTS) is 1. The fraction of sp³-hybridized carbons (Fsp3) is 0.857. The summed E-state index contributed by atoms with van der Waals surface area (Å²) in [5, 5.41) is 9.30. The smallest absolute Gasteiger partial charge is 0.327 e. The van der Waals surface area contributed by atoms with Crippen LogP contribution in [0, 0.1) is 5.92 Å². The summed E-state index contributed by atoms with van der Waals surface area (Å²) in [5.74, 6) is -0.101. The van der Waals surface area contributed by atoms with Gasteiger partial charge in [0.2, 0.25) is 5.91 Å². The third-order valence-corrected chi connectivity index (χ3v) is 5.64. The summed E-state index contributed by atoms with van der Waals surface area (Å²) in [6.45, 7) is 6.98. The Morgan fingerprint density at radius 2 is 1.95 bits per heavy atom. The van der Waals surface area contributed by atoms with Crippen LogP contribution >= 0.6 is 11.8 Å². The van der Waals surface area contributed by atoms with Gasteiger partial charge in [0.1, 0.15) is 6.04 Å². The van der Waals surface area contributed by atoms with Crippen molar-refractivity contribution in [2.24, 2.45) is 5.92 Å². The highest BCUT2D eigenvalue weighted by Crippen LogP contribution is 2.34. The van der Waals surface area contributed by atoms with Gasteiger partial charge in [0.25, 0.3) is 0 Å². The van der Waals surface area contributed by atoms with E-state index in [0.29, 0.717) is 12.2 Å². The third kappa shape index (κ3) is 3.47. The first-order valence-corrected chi connectivity index (χ1v) is 8.43. The second-order valence-electron chi connectivity index (χ2n) is 5.92. The first-order chi connectivity index (χ1) is 9.50. The molecule has 0 saturated carbocycles. The molecule has 1 amide bonds. The zero-order chi connectivity index (χ0) is 14.7. The molecule has 0 bridgehead atoms. The van der Waals surface area contributed by atoms with Crippen LogP contribution in [0.4, 0.5) is 0 Å². The monoisotopic (exact) mass is 300 g/mol. The second-order valence-corrected chi connectivity index (χ2v) is 7.07. The zero-order valence-electron chi connectivity index (χ0n) is 12.2. The molecule has 2 unspecified atom stereocenters. The van der Waals surface area contributed by atoms with E-state index in [9.17, 15) is 14.7 Å². The van der Waals surface area contributed by atoms with Crippen LogP contribution in [0.5, 0.6) is 0 Å². The number of carboxylic acids is 1. The van der Waals surface area contributed by atoms with Crippen LogP contribution in [-0.4, -0.2) is 63.6 Å². The maximum absolute atomic E-state index is 12.5. The molecule has 2 saturated heterocycles. The van der Waals surface area contributed by atoms with Crippen LogP contribution < -0.4 is 0 Å². The number of likely N-dealkylation sites (tertiary alicyclic amines) is 1. The second kappa shape index (κ2) is 6.80. The van der Waals surface area contributed by atoms with Gasteiger partial charge in [0.15, 0.2) is 0 Å². The van der Waals surface area contributed by atoms with E-state index in [1.807, 2.05) is 13.8 Å². The minimum Gasteiger partial charge on any atom is -0.480 e. The van der Waals surface area contributed by atoms with Gasteiger partial charge in [-0.2, -0.15) is 0 Å². The molecule has 1 N–H and O–H groups in total. The Morgan fingerprint density at radius 3 is 2.50 bits per heavy atom. The summed E-state index contributed by atoms with van der Waals surface area (Å²) in [6, 6.07) is -0.654. The Bertz CT molecular complexity index is 369. The van der Waals surface area contributed by atoms with Crippen LogP contribution in [0.25, 0.3) is 0 Å². The van der Waals surface area contributed by atoms with E-state index in [2.05, 4.69) is 4.90 Å². The van der Waals surface area contributed by atoms with Crippen molar-refractivity contribution in [3.8, 4) is 0 Å². The summed E-state index contributed by atoms with van der Waals surface area (Å²) in [5.41, 5.74) is 0. The highest BCUT2D eigenvalue weighted by Gasteiger charge is 2.42. The Labute approximate surface area is 124 Å². The summed E-state index contributed by atoms with van der Waals surface area (Å²) in [6.07, 6.45) is 2.85. The van der Waals surface area contributed by atoms with Gasteiger partial charge in [-0.1, -0.05) is 13.8 Å². The minimum absolute atomic E-state index is 0.00202. The summed E-state index contributed by atoms with van der Waals surface area (Å²) >= 11 is 1.59. The molecule has 0 spiro atoms. The highest BCUT2D eigenvalue weighted by atomic mass is 32.2. The predicted octanol–water partition coefficient (Wildman–Crippen LogP) is 1.48. The topological polar surface area (TPSA) is 60.9 Å². The average Bonchev–Trinajstić information content (AvgIpc) is 3.04. The maximum atomic E-state index is 12.5. The normalized spacial score (nSPS) is 27.4. The number of thioether (sulfide) groups is 1. The van der Waals surface area contributed by atoms with Crippen molar-refractivity contribution in [1.29, 1.82) is 0 Å². The number of rotatable bonds is 5. The number of amides is 1. The lowest BCUT2D eigenvalue weighted by Gasteiger charge is -2.30. The molecule has 2 heterocycles. The molecule has 0 aliphatic carbocycles. The number of carbonyl (C=O) groups excluding carboxylic acids is 1. The molecule has 0 aromatic rings. The molecule has 0 radical (unpaired) electrons. The van der Waals surface area contributed by atoms with Gasteiger partial charge < -0.3 is 14.9 Å². The molecular formula is C14H24N2O3S. The number of aliphatic carboxylic acids is 1. The lowest BCUT2D eigenvalue weighted by Crippen LogP contribution is -2.47. The molecule has 6 heteroatoms. The highest BCUT2D eigenvalue weighted by molar-refractivity contribution is 8.00. The van der Waals surface area contributed by atoms with Gasteiger partial charge in [-0.05, 0) is 31.8 Å². The van der Waals surface area contributed by atoms with Crippen LogP contribution in [0.2, 0.25) is 0 Å². The molecule has 0 aromatic carbocycles. The van der Waals surface area contributed by atoms with Gasteiger partial charge in [0, 0.05) is 18.7 Å². The summed E-state index contributed by atoms with van der Waals surface area (Å²) < 4.78 is 0. The molecule has 2 rings (SSSR count). The maximum Gasteiger partial charge on any atom is 0.327 e. The summed E-state index contributed by atoms with van der Waals surface area (Å²) in [7, 11) is 0. The molecule has 2 fully saturated rings. The molecular weight excluding hydrogens is 276 g/mol. The van der Waals surface area contributed by atoms with Gasteiger partial charge >= 0.3 is 5.97 Å². The SMILES string of the molecule is CC(C)C1SCC(C(=O)O)N1C(=O)CCN1CCCC1. The van der Waals surface area contributed by atoms with E-state index in [0.717, 1.165) is 19.6 Å². The Hall–Kier alpha value is -0.750. The van der Waals surface area contributed by atoms with Crippen LogP contribution in [0.3, 0.4) is 0 Å². The molecule has 114 valence electrons. The van der Waals surface area contributed by atoms with E-state index in [4.69, 9.17) is 0 Å². The molecule has 2 aliphatic rings. The van der Waals surface area contributed by atoms with Crippen LogP contribution in [0.1, 0.15) is 33.1 Å². The first kappa shape index (κ1) is 15.6. The van der Waals surface area contributed by atoms with Crippen LogP contribution in [-0.2, 0) is 9.59 Å². The molecule has 2 atom stereocenters.